The second-order valence-corrected chi connectivity index (χ2v) is 8.11. The number of esters is 1. The molecule has 32 heavy (non-hydrogen) atoms. The predicted octanol–water partition coefficient (Wildman–Crippen LogP) is 3.63. The summed E-state index contributed by atoms with van der Waals surface area (Å²) >= 11 is 1.40. The molecule has 0 atom stereocenters. The van der Waals surface area contributed by atoms with Gasteiger partial charge in [-0.3, -0.25) is 14.5 Å². The number of hydrogen-bond acceptors (Lipinski definition) is 7. The number of carbonyl (C=O) groups is 2. The molecule has 0 radical (unpaired) electrons. The van der Waals surface area contributed by atoms with Crippen molar-refractivity contribution in [2.75, 3.05) is 18.1 Å². The van der Waals surface area contributed by atoms with Crippen LogP contribution in [0.2, 0.25) is 0 Å². The summed E-state index contributed by atoms with van der Waals surface area (Å²) in [4.78, 5) is 44.2. The van der Waals surface area contributed by atoms with Crippen LogP contribution in [0.5, 0.6) is 0 Å². The van der Waals surface area contributed by atoms with Crippen LogP contribution in [0.15, 0.2) is 53.3 Å². The van der Waals surface area contributed by atoms with E-state index < -0.39 is 12.6 Å². The molecule has 4 aromatic rings. The Balaban J connectivity index is 1.56. The van der Waals surface area contributed by atoms with E-state index in [-0.39, 0.29) is 17.2 Å². The number of amides is 1. The van der Waals surface area contributed by atoms with Crippen LogP contribution in [-0.4, -0.2) is 39.8 Å². The first-order valence-electron chi connectivity index (χ1n) is 10.4. The molecule has 164 valence electrons. The van der Waals surface area contributed by atoms with E-state index >= 15 is 0 Å². The van der Waals surface area contributed by atoms with Crippen LogP contribution in [-0.2, 0) is 16.1 Å². The zero-order valence-corrected chi connectivity index (χ0v) is 18.6. The summed E-state index contributed by atoms with van der Waals surface area (Å²) in [7, 11) is 0. The Morgan fingerprint density at radius 3 is 2.50 bits per heavy atom. The van der Waals surface area contributed by atoms with Crippen LogP contribution in [0.1, 0.15) is 30.8 Å². The molecular formula is C23H22N4O4S. The predicted molar refractivity (Wildman–Crippen MR) is 124 cm³/mol. The number of para-hydroxylation sites is 1. The number of likely N-dealkylation sites (N-methyl/N-ethyl adjacent to an activating group) is 1. The van der Waals surface area contributed by atoms with E-state index in [1.165, 1.54) is 20.9 Å². The molecule has 2 aromatic carbocycles. The number of ether oxygens (including phenoxy) is 1. The number of aryl methyl sites for hydroxylation is 1. The van der Waals surface area contributed by atoms with Gasteiger partial charge in [-0.05, 0) is 31.5 Å². The minimum atomic E-state index is -0.750. The molecule has 0 bridgehead atoms. The highest BCUT2D eigenvalue weighted by Gasteiger charge is 2.22. The van der Waals surface area contributed by atoms with Gasteiger partial charge in [0.15, 0.2) is 17.4 Å². The van der Waals surface area contributed by atoms with Crippen molar-refractivity contribution in [1.82, 2.24) is 14.8 Å². The highest BCUT2D eigenvalue weighted by Crippen LogP contribution is 2.28. The smallest absolute Gasteiger partial charge is 0.359 e. The molecule has 2 heterocycles. The van der Waals surface area contributed by atoms with Gasteiger partial charge in [0.05, 0.1) is 15.6 Å². The van der Waals surface area contributed by atoms with E-state index in [0.29, 0.717) is 35.4 Å². The fraction of sp³-hybridized carbons (Fsp3) is 0.261. The normalized spacial score (nSPS) is 11.1. The van der Waals surface area contributed by atoms with Gasteiger partial charge in [0.1, 0.15) is 0 Å². The maximum absolute atomic E-state index is 12.8. The van der Waals surface area contributed by atoms with Gasteiger partial charge < -0.3 is 4.74 Å². The van der Waals surface area contributed by atoms with Gasteiger partial charge in [-0.1, -0.05) is 48.6 Å². The molecule has 0 N–H and O–H groups in total. The number of rotatable bonds is 7. The second kappa shape index (κ2) is 9.27. The van der Waals surface area contributed by atoms with Crippen molar-refractivity contribution in [3.8, 4) is 0 Å². The Morgan fingerprint density at radius 2 is 1.78 bits per heavy atom. The summed E-state index contributed by atoms with van der Waals surface area (Å²) in [5.41, 5.74) is 0.567. The van der Waals surface area contributed by atoms with Crippen LogP contribution in [0.25, 0.3) is 21.0 Å². The average molecular weight is 451 g/mol. The number of hydrogen-bond donors (Lipinski definition) is 0. The number of aromatic nitrogens is 3. The molecular weight excluding hydrogens is 428 g/mol. The summed E-state index contributed by atoms with van der Waals surface area (Å²) in [6.07, 6.45) is 0.686. The molecule has 1 amide bonds. The Labute approximate surface area is 188 Å². The fourth-order valence-electron chi connectivity index (χ4n) is 3.42. The van der Waals surface area contributed by atoms with E-state index in [9.17, 15) is 14.4 Å². The Morgan fingerprint density at radius 1 is 1.06 bits per heavy atom. The van der Waals surface area contributed by atoms with Crippen LogP contribution in [0.4, 0.5) is 5.13 Å². The van der Waals surface area contributed by atoms with Crippen molar-refractivity contribution in [2.45, 2.75) is 26.8 Å². The lowest BCUT2D eigenvalue weighted by atomic mass is 10.1. The largest absolute Gasteiger partial charge is 0.451 e. The second-order valence-electron chi connectivity index (χ2n) is 7.10. The van der Waals surface area contributed by atoms with Crippen molar-refractivity contribution in [2.24, 2.45) is 0 Å². The van der Waals surface area contributed by atoms with Gasteiger partial charge in [0.2, 0.25) is 0 Å². The molecule has 2 aromatic heterocycles. The van der Waals surface area contributed by atoms with E-state index in [2.05, 4.69) is 10.1 Å². The summed E-state index contributed by atoms with van der Waals surface area (Å²) in [6.45, 7) is 4.07. The first-order chi connectivity index (χ1) is 15.5. The third-order valence-electron chi connectivity index (χ3n) is 4.95. The zero-order valence-electron chi connectivity index (χ0n) is 17.8. The Kier molecular flexibility index (Phi) is 6.27. The first kappa shape index (κ1) is 21.6. The number of carbonyl (C=O) groups excluding carboxylic acids is 2. The van der Waals surface area contributed by atoms with Crippen molar-refractivity contribution in [3.05, 3.63) is 64.6 Å². The molecule has 0 unspecified atom stereocenters. The highest BCUT2D eigenvalue weighted by molar-refractivity contribution is 7.22. The molecule has 0 aliphatic rings. The van der Waals surface area contributed by atoms with Gasteiger partial charge in [-0.25, -0.2) is 14.5 Å². The van der Waals surface area contributed by atoms with E-state index in [4.69, 9.17) is 4.74 Å². The molecule has 9 heteroatoms. The van der Waals surface area contributed by atoms with Gasteiger partial charge in [-0.2, -0.15) is 5.10 Å². The Hall–Kier alpha value is -3.59. The van der Waals surface area contributed by atoms with Crippen LogP contribution in [0.3, 0.4) is 0 Å². The molecule has 8 nitrogen and oxygen atoms in total. The molecule has 0 spiro atoms. The van der Waals surface area contributed by atoms with Crippen LogP contribution >= 0.6 is 11.3 Å². The third-order valence-corrected chi connectivity index (χ3v) is 6.01. The SMILES string of the molecule is CCCn1nc(C(=O)OCC(=O)N(CC)c2nc3ccccc3s2)c2ccccc2c1=O. The number of benzene rings is 2. The van der Waals surface area contributed by atoms with E-state index in [0.717, 1.165) is 10.2 Å². The van der Waals surface area contributed by atoms with Crippen molar-refractivity contribution in [1.29, 1.82) is 0 Å². The molecule has 0 aliphatic carbocycles. The van der Waals surface area contributed by atoms with Gasteiger partial charge >= 0.3 is 5.97 Å². The van der Waals surface area contributed by atoms with Crippen molar-refractivity contribution >= 4 is 49.3 Å². The number of fused-ring (bicyclic) bond motifs is 2. The highest BCUT2D eigenvalue weighted by atomic mass is 32.1. The lowest BCUT2D eigenvalue weighted by Gasteiger charge is -2.17. The minimum Gasteiger partial charge on any atom is -0.451 e. The van der Waals surface area contributed by atoms with Crippen LogP contribution in [0, 0.1) is 0 Å². The summed E-state index contributed by atoms with van der Waals surface area (Å²) < 4.78 is 7.55. The Bertz CT molecular complexity index is 1330. The number of anilines is 1. The summed E-state index contributed by atoms with van der Waals surface area (Å²) in [5.74, 6) is -1.13. The van der Waals surface area contributed by atoms with E-state index in [1.807, 2.05) is 38.1 Å². The maximum atomic E-state index is 12.8. The molecule has 0 fully saturated rings. The van der Waals surface area contributed by atoms with Crippen molar-refractivity contribution in [3.63, 3.8) is 0 Å². The summed E-state index contributed by atoms with van der Waals surface area (Å²) in [5, 5.41) is 5.56. The maximum Gasteiger partial charge on any atom is 0.359 e. The van der Waals surface area contributed by atoms with E-state index in [1.54, 1.807) is 24.3 Å². The lowest BCUT2D eigenvalue weighted by molar-refractivity contribution is -0.121. The third kappa shape index (κ3) is 4.11. The molecule has 4 rings (SSSR count). The number of nitrogens with zero attached hydrogens (tertiary/aromatic N) is 4. The molecule has 0 aliphatic heterocycles. The quantitative estimate of drug-likeness (QED) is 0.399. The standard InChI is InChI=1S/C23H22N4O4S/c1-3-13-27-21(29)16-10-6-5-9-15(16)20(25-27)22(30)31-14-19(28)26(4-2)23-24-17-11-7-8-12-18(17)32-23/h5-12H,3-4,13-14H2,1-2H3. The number of thiazole rings is 1. The fourth-order valence-corrected chi connectivity index (χ4v) is 4.46. The monoisotopic (exact) mass is 450 g/mol. The molecule has 0 saturated heterocycles. The molecule has 0 saturated carbocycles. The first-order valence-corrected chi connectivity index (χ1v) is 11.2. The van der Waals surface area contributed by atoms with Crippen molar-refractivity contribution < 1.29 is 14.3 Å². The van der Waals surface area contributed by atoms with Crippen LogP contribution < -0.4 is 10.5 Å². The summed E-state index contributed by atoms with van der Waals surface area (Å²) in [6, 6.07) is 14.4. The lowest BCUT2D eigenvalue weighted by Crippen LogP contribution is -2.35. The topological polar surface area (TPSA) is 94.4 Å². The van der Waals surface area contributed by atoms with Gasteiger partial charge in [-0.15, -0.1) is 0 Å². The minimum absolute atomic E-state index is 0.0180. The van der Waals surface area contributed by atoms with Gasteiger partial charge in [0.25, 0.3) is 11.5 Å². The van der Waals surface area contributed by atoms with Gasteiger partial charge in [0, 0.05) is 18.5 Å². The zero-order chi connectivity index (χ0) is 22.7. The average Bonchev–Trinajstić information content (AvgIpc) is 3.23.